The maximum atomic E-state index is 12.2. The summed E-state index contributed by atoms with van der Waals surface area (Å²) in [5.74, 6) is -0.0726. The largest absolute Gasteiger partial charge is 0.369 e. The first-order valence-electron chi connectivity index (χ1n) is 8.44. The monoisotopic (exact) mass is 390 g/mol. The minimum Gasteiger partial charge on any atom is -0.369 e. The van der Waals surface area contributed by atoms with Crippen molar-refractivity contribution in [3.63, 3.8) is 0 Å². The smallest absolute Gasteiger partial charge is 0.251 e. The van der Waals surface area contributed by atoms with E-state index >= 15 is 0 Å². The van der Waals surface area contributed by atoms with Crippen LogP contribution in [-0.2, 0) is 0 Å². The first-order valence-corrected chi connectivity index (χ1v) is 8.44. The van der Waals surface area contributed by atoms with E-state index in [0.717, 1.165) is 26.2 Å². The van der Waals surface area contributed by atoms with Gasteiger partial charge >= 0.3 is 0 Å². The van der Waals surface area contributed by atoms with E-state index in [1.165, 1.54) is 5.69 Å². The third kappa shape index (κ3) is 6.66. The zero-order chi connectivity index (χ0) is 17.0. The van der Waals surface area contributed by atoms with E-state index in [9.17, 15) is 4.79 Å². The molecule has 1 aromatic carbocycles. The van der Waals surface area contributed by atoms with Crippen molar-refractivity contribution < 1.29 is 4.79 Å². The molecule has 1 amide bonds. The van der Waals surface area contributed by atoms with Gasteiger partial charge in [0.2, 0.25) is 0 Å². The van der Waals surface area contributed by atoms with Crippen molar-refractivity contribution in [1.29, 1.82) is 0 Å². The standard InChI is InChI=1S/C18H30N4O.2ClH/c1-14(2)21-9-11-22(12-10-21)16-7-5-15(6-8-16)17(23)20-18(3,4)13-19;;/h5-8,14H,9-13,19H2,1-4H3,(H,20,23);2*1H. The Morgan fingerprint density at radius 3 is 2.08 bits per heavy atom. The summed E-state index contributed by atoms with van der Waals surface area (Å²) >= 11 is 0. The molecule has 7 heteroatoms. The van der Waals surface area contributed by atoms with Gasteiger partial charge in [-0.3, -0.25) is 9.69 Å². The van der Waals surface area contributed by atoms with Crippen LogP contribution < -0.4 is 16.0 Å². The van der Waals surface area contributed by atoms with Crippen LogP contribution in [0.5, 0.6) is 0 Å². The Hall–Kier alpha value is -1.01. The first kappa shape index (κ1) is 24.0. The Morgan fingerprint density at radius 2 is 1.64 bits per heavy atom. The van der Waals surface area contributed by atoms with Gasteiger partial charge in [-0.2, -0.15) is 0 Å². The Labute approximate surface area is 164 Å². The van der Waals surface area contributed by atoms with E-state index in [0.29, 0.717) is 18.2 Å². The van der Waals surface area contributed by atoms with Crippen LogP contribution >= 0.6 is 24.8 Å². The number of hydrogen-bond acceptors (Lipinski definition) is 4. The number of carbonyl (C=O) groups excluding carboxylic acids is 1. The number of nitrogens with two attached hydrogens (primary N) is 1. The highest BCUT2D eigenvalue weighted by Crippen LogP contribution is 2.18. The molecule has 1 aliphatic rings. The Kier molecular flexibility index (Phi) is 9.80. The van der Waals surface area contributed by atoms with Crippen LogP contribution in [0.3, 0.4) is 0 Å². The number of benzene rings is 1. The molecule has 0 unspecified atom stereocenters. The summed E-state index contributed by atoms with van der Waals surface area (Å²) in [5.41, 5.74) is 7.14. The fourth-order valence-corrected chi connectivity index (χ4v) is 2.75. The van der Waals surface area contributed by atoms with Gasteiger partial charge in [0.25, 0.3) is 5.91 Å². The fraction of sp³-hybridized carbons (Fsp3) is 0.611. The molecule has 1 heterocycles. The number of amides is 1. The van der Waals surface area contributed by atoms with Gasteiger partial charge in [-0.1, -0.05) is 0 Å². The van der Waals surface area contributed by atoms with Crippen LogP contribution in [0.4, 0.5) is 5.69 Å². The lowest BCUT2D eigenvalue weighted by Crippen LogP contribution is -2.49. The number of rotatable bonds is 5. The molecular formula is C18H32Cl2N4O. The van der Waals surface area contributed by atoms with Gasteiger partial charge in [-0.05, 0) is 52.0 Å². The average Bonchev–Trinajstić information content (AvgIpc) is 2.54. The number of carbonyl (C=O) groups is 1. The van der Waals surface area contributed by atoms with Crippen LogP contribution in [0, 0.1) is 0 Å². The number of halogens is 2. The van der Waals surface area contributed by atoms with E-state index in [1.54, 1.807) is 0 Å². The second-order valence-electron chi connectivity index (χ2n) is 7.21. The highest BCUT2D eigenvalue weighted by Gasteiger charge is 2.21. The lowest BCUT2D eigenvalue weighted by Gasteiger charge is -2.38. The van der Waals surface area contributed by atoms with Crippen molar-refractivity contribution in [3.8, 4) is 0 Å². The molecule has 1 fully saturated rings. The lowest BCUT2D eigenvalue weighted by atomic mass is 10.0. The molecular weight excluding hydrogens is 359 g/mol. The first-order chi connectivity index (χ1) is 10.8. The van der Waals surface area contributed by atoms with Crippen molar-refractivity contribution in [1.82, 2.24) is 10.2 Å². The van der Waals surface area contributed by atoms with Crippen molar-refractivity contribution in [2.24, 2.45) is 5.73 Å². The molecule has 0 radical (unpaired) electrons. The molecule has 0 spiro atoms. The summed E-state index contributed by atoms with van der Waals surface area (Å²) in [6.45, 7) is 13.0. The van der Waals surface area contributed by atoms with Crippen molar-refractivity contribution >= 4 is 36.4 Å². The molecule has 5 nitrogen and oxygen atoms in total. The third-order valence-corrected chi connectivity index (χ3v) is 4.50. The molecule has 1 saturated heterocycles. The molecule has 1 aliphatic heterocycles. The SMILES string of the molecule is CC(C)N1CCN(c2ccc(C(=O)NC(C)(C)CN)cc2)CC1.Cl.Cl. The van der Waals surface area contributed by atoms with Crippen molar-refractivity contribution in [2.45, 2.75) is 39.3 Å². The normalized spacial score (nSPS) is 15.4. The summed E-state index contributed by atoms with van der Waals surface area (Å²) < 4.78 is 0. The van der Waals surface area contributed by atoms with Crippen LogP contribution in [0.15, 0.2) is 24.3 Å². The number of anilines is 1. The molecule has 0 saturated carbocycles. The van der Waals surface area contributed by atoms with Crippen LogP contribution in [0.2, 0.25) is 0 Å². The Morgan fingerprint density at radius 1 is 1.12 bits per heavy atom. The molecule has 0 aromatic heterocycles. The minimum absolute atomic E-state index is 0. The molecule has 25 heavy (non-hydrogen) atoms. The van der Waals surface area contributed by atoms with Crippen LogP contribution in [0.1, 0.15) is 38.1 Å². The molecule has 0 bridgehead atoms. The number of nitrogens with zero attached hydrogens (tertiary/aromatic N) is 2. The van der Waals surface area contributed by atoms with Gasteiger partial charge in [0.15, 0.2) is 0 Å². The average molecular weight is 391 g/mol. The highest BCUT2D eigenvalue weighted by atomic mass is 35.5. The molecule has 144 valence electrons. The van der Waals surface area contributed by atoms with Crippen LogP contribution in [0.25, 0.3) is 0 Å². The van der Waals surface area contributed by atoms with E-state index < -0.39 is 0 Å². The van der Waals surface area contributed by atoms with Crippen LogP contribution in [-0.4, -0.2) is 55.1 Å². The molecule has 0 atom stereocenters. The predicted octanol–water partition coefficient (Wildman–Crippen LogP) is 2.53. The molecule has 0 aliphatic carbocycles. The van der Waals surface area contributed by atoms with Gasteiger partial charge in [-0.15, -0.1) is 24.8 Å². The van der Waals surface area contributed by atoms with Crippen molar-refractivity contribution in [3.05, 3.63) is 29.8 Å². The quantitative estimate of drug-likeness (QED) is 0.810. The van der Waals surface area contributed by atoms with E-state index in [4.69, 9.17) is 5.73 Å². The maximum absolute atomic E-state index is 12.2. The second-order valence-corrected chi connectivity index (χ2v) is 7.21. The number of nitrogens with one attached hydrogen (secondary N) is 1. The van der Waals surface area contributed by atoms with Gasteiger partial charge in [0, 0.05) is 55.6 Å². The zero-order valence-electron chi connectivity index (χ0n) is 15.6. The summed E-state index contributed by atoms with van der Waals surface area (Å²) in [7, 11) is 0. The lowest BCUT2D eigenvalue weighted by molar-refractivity contribution is 0.0915. The minimum atomic E-state index is -0.386. The topological polar surface area (TPSA) is 61.6 Å². The van der Waals surface area contributed by atoms with E-state index in [1.807, 2.05) is 38.1 Å². The predicted molar refractivity (Wildman–Crippen MR) is 110 cm³/mol. The zero-order valence-corrected chi connectivity index (χ0v) is 17.3. The van der Waals surface area contributed by atoms with Gasteiger partial charge < -0.3 is 16.0 Å². The Bertz CT molecular complexity index is 526. The molecule has 3 N–H and O–H groups in total. The van der Waals surface area contributed by atoms with E-state index in [-0.39, 0.29) is 36.3 Å². The number of hydrogen-bond donors (Lipinski definition) is 2. The summed E-state index contributed by atoms with van der Waals surface area (Å²) in [5, 5.41) is 2.96. The number of piperazine rings is 1. The highest BCUT2D eigenvalue weighted by molar-refractivity contribution is 5.95. The fourth-order valence-electron chi connectivity index (χ4n) is 2.75. The van der Waals surface area contributed by atoms with Gasteiger partial charge in [0.05, 0.1) is 0 Å². The summed E-state index contributed by atoms with van der Waals surface area (Å²) in [4.78, 5) is 17.1. The van der Waals surface area contributed by atoms with Gasteiger partial charge in [-0.25, -0.2) is 0 Å². The third-order valence-electron chi connectivity index (χ3n) is 4.50. The van der Waals surface area contributed by atoms with Crippen molar-refractivity contribution in [2.75, 3.05) is 37.6 Å². The molecule has 1 aromatic rings. The Balaban J connectivity index is 0.00000288. The van der Waals surface area contributed by atoms with Gasteiger partial charge in [0.1, 0.15) is 0 Å². The summed E-state index contributed by atoms with van der Waals surface area (Å²) in [6.07, 6.45) is 0. The van der Waals surface area contributed by atoms with E-state index in [2.05, 4.69) is 29.0 Å². The maximum Gasteiger partial charge on any atom is 0.251 e. The molecule has 2 rings (SSSR count). The summed E-state index contributed by atoms with van der Waals surface area (Å²) in [6, 6.07) is 8.47. The second kappa shape index (κ2) is 10.2.